The van der Waals surface area contributed by atoms with Gasteiger partial charge in [0, 0.05) is 17.8 Å². The molecule has 0 bridgehead atoms. The molecule has 0 unspecified atom stereocenters. The van der Waals surface area contributed by atoms with Gasteiger partial charge in [-0.05, 0) is 91.1 Å². The summed E-state index contributed by atoms with van der Waals surface area (Å²) < 4.78 is 27.5. The zero-order valence-electron chi connectivity index (χ0n) is 15.8. The van der Waals surface area contributed by atoms with Crippen LogP contribution >= 0.6 is 0 Å². The molecule has 1 saturated carbocycles. The van der Waals surface area contributed by atoms with Crippen LogP contribution in [0.25, 0.3) is 28.1 Å². The van der Waals surface area contributed by atoms with Crippen molar-refractivity contribution < 1.29 is 8.42 Å². The summed E-state index contributed by atoms with van der Waals surface area (Å²) in [5.74, 6) is 0. The minimum absolute atomic E-state index is 0.118. The standard InChI is InChI=1S/C22H24N2O2S/c1-14-11-21(17-4-7-22-18(13-17)8-9-23-22)15(2)10-19(14)12-16(3)27(25,26)24-20-5-6-20/h4,7-13,20,23-24H,5-6H2,1-3H3. The highest BCUT2D eigenvalue weighted by atomic mass is 32.2. The fraction of sp³-hybridized carbons (Fsp3) is 0.273. The van der Waals surface area contributed by atoms with Gasteiger partial charge in [0.15, 0.2) is 0 Å². The van der Waals surface area contributed by atoms with Gasteiger partial charge in [-0.3, -0.25) is 0 Å². The van der Waals surface area contributed by atoms with Crippen molar-refractivity contribution in [1.29, 1.82) is 0 Å². The highest BCUT2D eigenvalue weighted by Crippen LogP contribution is 2.30. The van der Waals surface area contributed by atoms with Gasteiger partial charge in [-0.15, -0.1) is 0 Å². The van der Waals surface area contributed by atoms with Crippen LogP contribution in [0.5, 0.6) is 0 Å². The van der Waals surface area contributed by atoms with Crippen LogP contribution in [0, 0.1) is 13.8 Å². The molecule has 0 radical (unpaired) electrons. The van der Waals surface area contributed by atoms with E-state index >= 15 is 0 Å². The zero-order valence-corrected chi connectivity index (χ0v) is 16.7. The van der Waals surface area contributed by atoms with Gasteiger partial charge < -0.3 is 4.98 Å². The van der Waals surface area contributed by atoms with Crippen molar-refractivity contribution >= 4 is 27.0 Å². The summed E-state index contributed by atoms with van der Waals surface area (Å²) in [4.78, 5) is 3.58. The van der Waals surface area contributed by atoms with Gasteiger partial charge in [-0.25, -0.2) is 13.1 Å². The number of fused-ring (bicyclic) bond motifs is 1. The Morgan fingerprint density at radius 3 is 2.63 bits per heavy atom. The first-order chi connectivity index (χ1) is 12.8. The molecule has 0 amide bonds. The second-order valence-corrected chi connectivity index (χ2v) is 9.34. The Morgan fingerprint density at radius 1 is 1.11 bits per heavy atom. The summed E-state index contributed by atoms with van der Waals surface area (Å²) in [5.41, 5.74) is 6.59. The third kappa shape index (κ3) is 3.70. The Kier molecular flexibility index (Phi) is 4.44. The molecule has 27 heavy (non-hydrogen) atoms. The highest BCUT2D eigenvalue weighted by Gasteiger charge is 2.27. The van der Waals surface area contributed by atoms with E-state index in [4.69, 9.17) is 0 Å². The normalized spacial score (nSPS) is 15.4. The van der Waals surface area contributed by atoms with Gasteiger partial charge in [0.1, 0.15) is 0 Å². The summed E-state index contributed by atoms with van der Waals surface area (Å²) >= 11 is 0. The van der Waals surface area contributed by atoms with E-state index < -0.39 is 10.0 Å². The van der Waals surface area contributed by atoms with Crippen LogP contribution in [0.4, 0.5) is 0 Å². The molecule has 4 nitrogen and oxygen atoms in total. The van der Waals surface area contributed by atoms with Gasteiger partial charge >= 0.3 is 0 Å². The molecule has 1 heterocycles. The first-order valence-corrected chi connectivity index (χ1v) is 10.7. The fourth-order valence-electron chi connectivity index (χ4n) is 3.34. The van der Waals surface area contributed by atoms with Gasteiger partial charge in [-0.1, -0.05) is 18.2 Å². The van der Waals surface area contributed by atoms with Crippen molar-refractivity contribution in [3.05, 3.63) is 64.2 Å². The molecule has 0 aliphatic heterocycles. The smallest absolute Gasteiger partial charge is 0.236 e. The lowest BCUT2D eigenvalue weighted by molar-refractivity contribution is 0.588. The van der Waals surface area contributed by atoms with E-state index in [1.54, 1.807) is 13.0 Å². The fourth-order valence-corrected chi connectivity index (χ4v) is 4.48. The predicted molar refractivity (Wildman–Crippen MR) is 112 cm³/mol. The van der Waals surface area contributed by atoms with Crippen LogP contribution in [0.3, 0.4) is 0 Å². The van der Waals surface area contributed by atoms with Crippen molar-refractivity contribution in [2.75, 3.05) is 0 Å². The molecule has 140 valence electrons. The summed E-state index contributed by atoms with van der Waals surface area (Å²) in [7, 11) is -3.40. The lowest BCUT2D eigenvalue weighted by atomic mass is 9.94. The number of aromatic amines is 1. The van der Waals surface area contributed by atoms with E-state index in [0.29, 0.717) is 4.91 Å². The van der Waals surface area contributed by atoms with Gasteiger partial charge in [0.2, 0.25) is 10.0 Å². The van der Waals surface area contributed by atoms with Crippen LogP contribution in [0.2, 0.25) is 0 Å². The third-order valence-corrected chi connectivity index (χ3v) is 6.77. The molecule has 1 aliphatic carbocycles. The molecule has 2 aromatic carbocycles. The van der Waals surface area contributed by atoms with Crippen LogP contribution in [-0.4, -0.2) is 19.4 Å². The van der Waals surface area contributed by atoms with Crippen molar-refractivity contribution in [1.82, 2.24) is 9.71 Å². The summed E-state index contributed by atoms with van der Waals surface area (Å²) in [6.07, 6.45) is 5.58. The lowest BCUT2D eigenvalue weighted by Gasteiger charge is -2.12. The van der Waals surface area contributed by atoms with Crippen molar-refractivity contribution in [2.24, 2.45) is 0 Å². The number of sulfonamides is 1. The van der Waals surface area contributed by atoms with Gasteiger partial charge in [-0.2, -0.15) is 0 Å². The maximum absolute atomic E-state index is 12.4. The molecule has 1 fully saturated rings. The van der Waals surface area contributed by atoms with Crippen molar-refractivity contribution in [3.8, 4) is 11.1 Å². The van der Waals surface area contributed by atoms with Crippen molar-refractivity contribution in [3.63, 3.8) is 0 Å². The largest absolute Gasteiger partial charge is 0.361 e. The average Bonchev–Trinajstić information content (AvgIpc) is 3.29. The quantitative estimate of drug-likeness (QED) is 0.662. The molecular weight excluding hydrogens is 356 g/mol. The Bertz CT molecular complexity index is 1150. The second-order valence-electron chi connectivity index (χ2n) is 7.45. The number of aryl methyl sites for hydroxylation is 2. The third-order valence-electron chi connectivity index (χ3n) is 5.16. The topological polar surface area (TPSA) is 62.0 Å². The summed E-state index contributed by atoms with van der Waals surface area (Å²) in [6, 6.07) is 12.8. The molecule has 1 aromatic heterocycles. The summed E-state index contributed by atoms with van der Waals surface area (Å²) in [5, 5.41) is 1.18. The number of aromatic nitrogens is 1. The molecular formula is C22H24N2O2S. The van der Waals surface area contributed by atoms with Crippen LogP contribution in [0.15, 0.2) is 47.5 Å². The van der Waals surface area contributed by atoms with Gasteiger partial charge in [0.05, 0.1) is 4.91 Å². The maximum Gasteiger partial charge on any atom is 0.236 e. The van der Waals surface area contributed by atoms with E-state index in [1.165, 1.54) is 10.9 Å². The molecule has 5 heteroatoms. The van der Waals surface area contributed by atoms with E-state index in [9.17, 15) is 8.42 Å². The number of rotatable bonds is 5. The summed E-state index contributed by atoms with van der Waals surface area (Å²) in [6.45, 7) is 5.75. The Morgan fingerprint density at radius 2 is 1.89 bits per heavy atom. The first kappa shape index (κ1) is 18.0. The van der Waals surface area contributed by atoms with Crippen LogP contribution < -0.4 is 4.72 Å². The average molecular weight is 381 g/mol. The Hall–Kier alpha value is -2.37. The number of benzene rings is 2. The predicted octanol–water partition coefficient (Wildman–Crippen LogP) is 4.89. The molecule has 3 aromatic rings. The van der Waals surface area contributed by atoms with Crippen LogP contribution in [0.1, 0.15) is 36.5 Å². The van der Waals surface area contributed by atoms with E-state index in [1.807, 2.05) is 13.1 Å². The second kappa shape index (κ2) is 6.66. The molecule has 4 rings (SSSR count). The Balaban J connectivity index is 1.70. The SMILES string of the molecule is CC(=Cc1cc(C)c(-c2ccc3[nH]ccc3c2)cc1C)S(=O)(=O)NC1CC1. The molecule has 0 saturated heterocycles. The first-order valence-electron chi connectivity index (χ1n) is 9.23. The monoisotopic (exact) mass is 380 g/mol. The minimum atomic E-state index is -3.40. The molecule has 0 atom stereocenters. The number of hydrogen-bond donors (Lipinski definition) is 2. The number of allylic oxidation sites excluding steroid dienone is 1. The lowest BCUT2D eigenvalue weighted by Crippen LogP contribution is -2.26. The van der Waals surface area contributed by atoms with Crippen LogP contribution in [-0.2, 0) is 10.0 Å². The van der Waals surface area contributed by atoms with Gasteiger partial charge in [0.25, 0.3) is 0 Å². The number of nitrogens with one attached hydrogen (secondary N) is 2. The van der Waals surface area contributed by atoms with Crippen molar-refractivity contribution in [2.45, 2.75) is 39.7 Å². The highest BCUT2D eigenvalue weighted by molar-refractivity contribution is 7.93. The zero-order chi connectivity index (χ0) is 19.2. The molecule has 2 N–H and O–H groups in total. The number of H-pyrrole nitrogens is 1. The van der Waals surface area contributed by atoms with E-state index in [-0.39, 0.29) is 6.04 Å². The number of hydrogen-bond acceptors (Lipinski definition) is 2. The minimum Gasteiger partial charge on any atom is -0.361 e. The molecule has 0 spiro atoms. The molecule has 1 aliphatic rings. The van der Waals surface area contributed by atoms with E-state index in [2.05, 4.69) is 53.0 Å². The maximum atomic E-state index is 12.4. The van der Waals surface area contributed by atoms with E-state index in [0.717, 1.165) is 40.6 Å². The Labute approximate surface area is 160 Å².